The van der Waals surface area contributed by atoms with Gasteiger partial charge in [0.15, 0.2) is 5.96 Å². The summed E-state index contributed by atoms with van der Waals surface area (Å²) in [7, 11) is 1.79. The van der Waals surface area contributed by atoms with Gasteiger partial charge in [-0.1, -0.05) is 19.1 Å². The number of nitrogens with zero attached hydrogens (tertiary/aromatic N) is 1. The van der Waals surface area contributed by atoms with Gasteiger partial charge in [-0.3, -0.25) is 9.79 Å². The van der Waals surface area contributed by atoms with E-state index in [1.165, 1.54) is 5.56 Å². The molecule has 0 radical (unpaired) electrons. The maximum absolute atomic E-state index is 11.9. The first-order valence-electron chi connectivity index (χ1n) is 10.5. The minimum atomic E-state index is -0.0476. The lowest BCUT2D eigenvalue weighted by Gasteiger charge is -2.29. The molecule has 0 amide bonds. The predicted octanol–water partition coefficient (Wildman–Crippen LogP) is 3.30. The van der Waals surface area contributed by atoms with Crippen molar-refractivity contribution in [3.63, 3.8) is 0 Å². The maximum Gasteiger partial charge on any atom is 0.308 e. The molecular formula is C22H35N3O3. The number of hydrogen-bond donors (Lipinski definition) is 2. The molecule has 0 atom stereocenters. The van der Waals surface area contributed by atoms with Crippen molar-refractivity contribution in [2.75, 3.05) is 26.8 Å². The van der Waals surface area contributed by atoms with Crippen LogP contribution in [-0.2, 0) is 16.0 Å². The fourth-order valence-corrected chi connectivity index (χ4v) is 3.46. The highest BCUT2D eigenvalue weighted by atomic mass is 16.5. The largest absolute Gasteiger partial charge is 0.494 e. The van der Waals surface area contributed by atoms with Crippen molar-refractivity contribution in [3.8, 4) is 5.75 Å². The van der Waals surface area contributed by atoms with Crippen LogP contribution in [0.25, 0.3) is 0 Å². The van der Waals surface area contributed by atoms with Crippen molar-refractivity contribution in [2.45, 2.75) is 58.4 Å². The Bertz CT molecular complexity index is 625. The number of carbonyl (C=O) groups is 1. The first-order chi connectivity index (χ1) is 13.7. The summed E-state index contributed by atoms with van der Waals surface area (Å²) in [6, 6.07) is 8.61. The Hall–Kier alpha value is -2.24. The van der Waals surface area contributed by atoms with E-state index in [1.807, 2.05) is 19.1 Å². The first kappa shape index (κ1) is 22.1. The summed E-state index contributed by atoms with van der Waals surface area (Å²) in [6.45, 7) is 5.97. The topological polar surface area (TPSA) is 72.0 Å². The second-order valence-electron chi connectivity index (χ2n) is 7.19. The zero-order chi connectivity index (χ0) is 20.2. The zero-order valence-corrected chi connectivity index (χ0v) is 17.5. The molecule has 0 bridgehead atoms. The van der Waals surface area contributed by atoms with Crippen LogP contribution in [0.2, 0.25) is 0 Å². The Morgan fingerprint density at radius 2 is 2.00 bits per heavy atom. The van der Waals surface area contributed by atoms with Crippen molar-refractivity contribution in [3.05, 3.63) is 29.8 Å². The molecule has 1 fully saturated rings. The van der Waals surface area contributed by atoms with Crippen LogP contribution >= 0.6 is 0 Å². The Morgan fingerprint density at radius 1 is 1.21 bits per heavy atom. The molecule has 2 N–H and O–H groups in total. The van der Waals surface area contributed by atoms with Crippen LogP contribution in [0, 0.1) is 5.92 Å². The normalized spacial score (nSPS) is 19.8. The molecule has 156 valence electrons. The lowest BCUT2D eigenvalue weighted by atomic mass is 9.86. The van der Waals surface area contributed by atoms with Gasteiger partial charge in [0.2, 0.25) is 0 Å². The Labute approximate surface area is 169 Å². The molecule has 1 saturated carbocycles. The van der Waals surface area contributed by atoms with E-state index < -0.39 is 0 Å². The first-order valence-corrected chi connectivity index (χ1v) is 10.5. The number of guanidine groups is 1. The van der Waals surface area contributed by atoms with Gasteiger partial charge in [0, 0.05) is 19.6 Å². The Kier molecular flexibility index (Phi) is 9.66. The monoisotopic (exact) mass is 389 g/mol. The number of hydrogen-bond acceptors (Lipinski definition) is 4. The van der Waals surface area contributed by atoms with Gasteiger partial charge in [0.05, 0.1) is 19.1 Å². The molecule has 2 rings (SSSR count). The molecule has 0 unspecified atom stereocenters. The number of aliphatic imine (C=N–C) groups is 1. The lowest BCUT2D eigenvalue weighted by molar-refractivity contribution is -0.149. The summed E-state index contributed by atoms with van der Waals surface area (Å²) >= 11 is 0. The van der Waals surface area contributed by atoms with Crippen molar-refractivity contribution in [1.82, 2.24) is 10.6 Å². The van der Waals surface area contributed by atoms with Crippen LogP contribution in [0.5, 0.6) is 5.75 Å². The fraction of sp³-hybridized carbons (Fsp3) is 0.636. The third-order valence-electron chi connectivity index (χ3n) is 4.99. The van der Waals surface area contributed by atoms with Crippen LogP contribution in [0.3, 0.4) is 0 Å². The van der Waals surface area contributed by atoms with Gasteiger partial charge >= 0.3 is 5.97 Å². The molecule has 1 aliphatic carbocycles. The Balaban J connectivity index is 1.71. The van der Waals surface area contributed by atoms with E-state index in [-0.39, 0.29) is 11.9 Å². The third kappa shape index (κ3) is 7.41. The molecule has 6 nitrogen and oxygen atoms in total. The van der Waals surface area contributed by atoms with E-state index >= 15 is 0 Å². The van der Waals surface area contributed by atoms with Gasteiger partial charge in [0.25, 0.3) is 0 Å². The number of rotatable bonds is 9. The highest BCUT2D eigenvalue weighted by Gasteiger charge is 2.27. The zero-order valence-electron chi connectivity index (χ0n) is 17.5. The van der Waals surface area contributed by atoms with Crippen molar-refractivity contribution in [2.24, 2.45) is 10.9 Å². The van der Waals surface area contributed by atoms with Crippen LogP contribution in [-0.4, -0.2) is 44.8 Å². The molecule has 1 aliphatic rings. The third-order valence-corrected chi connectivity index (χ3v) is 4.99. The van der Waals surface area contributed by atoms with E-state index in [0.29, 0.717) is 12.6 Å². The van der Waals surface area contributed by atoms with Gasteiger partial charge in [-0.25, -0.2) is 0 Å². The fourth-order valence-electron chi connectivity index (χ4n) is 3.46. The second-order valence-corrected chi connectivity index (χ2v) is 7.19. The minimum Gasteiger partial charge on any atom is -0.494 e. The van der Waals surface area contributed by atoms with Crippen molar-refractivity contribution in [1.29, 1.82) is 0 Å². The van der Waals surface area contributed by atoms with Gasteiger partial charge in [0.1, 0.15) is 5.75 Å². The maximum atomic E-state index is 11.9. The summed E-state index contributed by atoms with van der Waals surface area (Å²) in [5, 5.41) is 6.87. The molecule has 0 aliphatic heterocycles. The van der Waals surface area contributed by atoms with Crippen molar-refractivity contribution < 1.29 is 14.3 Å². The standard InChI is InChI=1S/C22H35N3O3/c1-4-15-28-20-8-6-7-17(16-20)13-14-24-22(23-3)25-19-11-9-18(10-12-19)21(26)27-5-2/h6-8,16,18-19H,4-5,9-15H2,1-3H3,(H2,23,24,25). The van der Waals surface area contributed by atoms with Crippen LogP contribution in [0.15, 0.2) is 29.3 Å². The number of esters is 1. The summed E-state index contributed by atoms with van der Waals surface area (Å²) in [4.78, 5) is 16.2. The summed E-state index contributed by atoms with van der Waals surface area (Å²) in [5.74, 6) is 1.75. The number of carbonyl (C=O) groups excluding carboxylic acids is 1. The number of ether oxygens (including phenoxy) is 2. The minimum absolute atomic E-state index is 0.0476. The highest BCUT2D eigenvalue weighted by molar-refractivity contribution is 5.80. The molecule has 0 spiro atoms. The molecule has 0 saturated heterocycles. The average molecular weight is 390 g/mol. The van der Waals surface area contributed by atoms with Crippen LogP contribution < -0.4 is 15.4 Å². The number of nitrogens with one attached hydrogen (secondary N) is 2. The quantitative estimate of drug-likeness (QED) is 0.385. The summed E-state index contributed by atoms with van der Waals surface area (Å²) < 4.78 is 10.8. The van der Waals surface area contributed by atoms with Gasteiger partial charge in [-0.2, -0.15) is 0 Å². The molecular weight excluding hydrogens is 354 g/mol. The van der Waals surface area contributed by atoms with E-state index in [9.17, 15) is 4.79 Å². The smallest absolute Gasteiger partial charge is 0.308 e. The van der Waals surface area contributed by atoms with Gasteiger partial charge in [-0.15, -0.1) is 0 Å². The predicted molar refractivity (Wildman–Crippen MR) is 113 cm³/mol. The molecule has 1 aromatic rings. The van der Waals surface area contributed by atoms with E-state index in [4.69, 9.17) is 9.47 Å². The van der Waals surface area contributed by atoms with Crippen LogP contribution in [0.1, 0.15) is 51.5 Å². The molecule has 0 heterocycles. The molecule has 28 heavy (non-hydrogen) atoms. The van der Waals surface area contributed by atoms with Crippen LogP contribution in [0.4, 0.5) is 0 Å². The summed E-state index contributed by atoms with van der Waals surface area (Å²) in [6.07, 6.45) is 5.58. The van der Waals surface area contributed by atoms with Gasteiger partial charge in [-0.05, 0) is 63.1 Å². The second kappa shape index (κ2) is 12.3. The SMILES string of the molecule is CCCOc1cccc(CCNC(=NC)NC2CCC(C(=O)OCC)CC2)c1. The van der Waals surface area contributed by atoms with E-state index in [1.54, 1.807) is 7.05 Å². The average Bonchev–Trinajstić information content (AvgIpc) is 2.72. The lowest BCUT2D eigenvalue weighted by Crippen LogP contribution is -2.45. The van der Waals surface area contributed by atoms with Crippen molar-refractivity contribution >= 4 is 11.9 Å². The molecule has 6 heteroatoms. The van der Waals surface area contributed by atoms with E-state index in [0.717, 1.165) is 63.4 Å². The molecule has 1 aromatic carbocycles. The summed E-state index contributed by atoms with van der Waals surface area (Å²) in [5.41, 5.74) is 1.24. The van der Waals surface area contributed by atoms with Gasteiger partial charge < -0.3 is 20.1 Å². The van der Waals surface area contributed by atoms with E-state index in [2.05, 4.69) is 34.7 Å². The highest BCUT2D eigenvalue weighted by Crippen LogP contribution is 2.25. The Morgan fingerprint density at radius 3 is 2.68 bits per heavy atom. The number of benzene rings is 1. The molecule has 0 aromatic heterocycles.